The van der Waals surface area contributed by atoms with E-state index in [4.69, 9.17) is 10.5 Å². The molecular formula is C21H27N7O5S. The molecule has 0 bridgehead atoms. The van der Waals surface area contributed by atoms with Crippen molar-refractivity contribution in [2.75, 3.05) is 13.1 Å². The van der Waals surface area contributed by atoms with Crippen molar-refractivity contribution in [3.8, 4) is 0 Å². The Kier molecular flexibility index (Phi) is 9.58. The highest BCUT2D eigenvalue weighted by molar-refractivity contribution is 7.13. The topological polar surface area (TPSA) is 181 Å². The number of amides is 1. The summed E-state index contributed by atoms with van der Waals surface area (Å²) >= 11 is 1.06. The SMILES string of the molecule is NC(C(=O)c1nnc(CCCCN[C@@H]2N=CCN2)s1)C(NC(=O)OCc1ccccc1)C(=O)O. The van der Waals surface area contributed by atoms with Gasteiger partial charge in [-0.3, -0.25) is 20.4 Å². The summed E-state index contributed by atoms with van der Waals surface area (Å²) in [6, 6.07) is 5.65. The number of alkyl carbamates (subject to hydrolysis) is 1. The van der Waals surface area contributed by atoms with Crippen LogP contribution in [0.4, 0.5) is 4.79 Å². The first-order valence-electron chi connectivity index (χ1n) is 10.7. The number of nitrogens with zero attached hydrogens (tertiary/aromatic N) is 3. The maximum Gasteiger partial charge on any atom is 0.408 e. The number of Topliss-reactive ketones (excluding diaryl/α,β-unsaturated/α-hetero) is 1. The number of unbranched alkanes of at least 4 members (excludes halogenated alkanes) is 1. The highest BCUT2D eigenvalue weighted by atomic mass is 32.1. The maximum absolute atomic E-state index is 12.7. The number of carboxylic acids is 1. The fourth-order valence-corrected chi connectivity index (χ4v) is 3.95. The minimum Gasteiger partial charge on any atom is -0.480 e. The quantitative estimate of drug-likeness (QED) is 0.194. The highest BCUT2D eigenvalue weighted by Crippen LogP contribution is 2.15. The number of nitrogens with two attached hydrogens (primary N) is 1. The number of hydrogen-bond donors (Lipinski definition) is 5. The van der Waals surface area contributed by atoms with E-state index in [-0.39, 0.29) is 17.9 Å². The lowest BCUT2D eigenvalue weighted by Gasteiger charge is -2.19. The van der Waals surface area contributed by atoms with Crippen LogP contribution in [0.1, 0.15) is 33.2 Å². The van der Waals surface area contributed by atoms with Crippen LogP contribution in [-0.2, 0) is 22.6 Å². The summed E-state index contributed by atoms with van der Waals surface area (Å²) in [5.74, 6) is -2.18. The predicted octanol–water partition coefficient (Wildman–Crippen LogP) is 0.298. The van der Waals surface area contributed by atoms with Crippen molar-refractivity contribution >= 4 is 35.4 Å². The molecule has 6 N–H and O–H groups in total. The van der Waals surface area contributed by atoms with Gasteiger partial charge in [-0.2, -0.15) is 0 Å². The molecule has 12 nitrogen and oxygen atoms in total. The average Bonchev–Trinajstić information content (AvgIpc) is 3.53. The van der Waals surface area contributed by atoms with Gasteiger partial charge in [0.1, 0.15) is 17.7 Å². The predicted molar refractivity (Wildman–Crippen MR) is 125 cm³/mol. The second-order valence-electron chi connectivity index (χ2n) is 7.47. The smallest absolute Gasteiger partial charge is 0.408 e. The van der Waals surface area contributed by atoms with Crippen LogP contribution in [0.25, 0.3) is 0 Å². The molecule has 0 spiro atoms. The second-order valence-corrected chi connectivity index (χ2v) is 8.53. The van der Waals surface area contributed by atoms with Crippen molar-refractivity contribution in [3.05, 3.63) is 45.9 Å². The normalized spacial score (nSPS) is 16.7. The number of nitrogens with one attached hydrogen (secondary N) is 3. The van der Waals surface area contributed by atoms with Crippen LogP contribution < -0.4 is 21.7 Å². The molecule has 0 aliphatic carbocycles. The third-order valence-electron chi connectivity index (χ3n) is 4.90. The molecule has 0 saturated heterocycles. The molecule has 3 atom stereocenters. The summed E-state index contributed by atoms with van der Waals surface area (Å²) in [5.41, 5.74) is 6.60. The molecule has 34 heavy (non-hydrogen) atoms. The van der Waals surface area contributed by atoms with Gasteiger partial charge in [-0.1, -0.05) is 41.7 Å². The number of ether oxygens (including phenoxy) is 1. The number of aliphatic carboxylic acids is 1. The minimum absolute atomic E-state index is 0.00387. The largest absolute Gasteiger partial charge is 0.480 e. The zero-order chi connectivity index (χ0) is 24.3. The van der Waals surface area contributed by atoms with Crippen LogP contribution in [0.15, 0.2) is 35.3 Å². The summed E-state index contributed by atoms with van der Waals surface area (Å²) in [5, 5.41) is 26.5. The average molecular weight is 490 g/mol. The van der Waals surface area contributed by atoms with E-state index in [0.29, 0.717) is 11.4 Å². The molecule has 1 amide bonds. The number of rotatable bonds is 13. The lowest BCUT2D eigenvalue weighted by atomic mass is 10.1. The Balaban J connectivity index is 1.45. The van der Waals surface area contributed by atoms with Gasteiger partial charge in [0, 0.05) is 19.2 Å². The van der Waals surface area contributed by atoms with Gasteiger partial charge in [0.05, 0.1) is 0 Å². The van der Waals surface area contributed by atoms with E-state index in [9.17, 15) is 19.5 Å². The summed E-state index contributed by atoms with van der Waals surface area (Å²) < 4.78 is 5.02. The minimum atomic E-state index is -1.68. The first kappa shape index (κ1) is 25.4. The van der Waals surface area contributed by atoms with Crippen molar-refractivity contribution < 1.29 is 24.2 Å². The zero-order valence-electron chi connectivity index (χ0n) is 18.3. The molecule has 13 heteroatoms. The fourth-order valence-electron chi connectivity index (χ4n) is 3.09. The Labute approximate surface area is 200 Å². The number of carboxylic acid groups (broad SMARTS) is 1. The van der Waals surface area contributed by atoms with Crippen molar-refractivity contribution in [3.63, 3.8) is 0 Å². The molecule has 0 saturated carbocycles. The Morgan fingerprint density at radius 1 is 1.24 bits per heavy atom. The number of aryl methyl sites for hydroxylation is 1. The van der Waals surface area contributed by atoms with E-state index in [1.54, 1.807) is 24.3 Å². The first-order chi connectivity index (χ1) is 16.4. The van der Waals surface area contributed by atoms with Gasteiger partial charge in [0.2, 0.25) is 5.78 Å². The van der Waals surface area contributed by atoms with E-state index in [1.165, 1.54) is 0 Å². The van der Waals surface area contributed by atoms with Gasteiger partial charge in [-0.15, -0.1) is 10.2 Å². The lowest BCUT2D eigenvalue weighted by molar-refractivity contribution is -0.139. The van der Waals surface area contributed by atoms with Crippen LogP contribution in [0.2, 0.25) is 0 Å². The molecular weight excluding hydrogens is 462 g/mol. The monoisotopic (exact) mass is 489 g/mol. The van der Waals surface area contributed by atoms with E-state index in [1.807, 2.05) is 12.3 Å². The van der Waals surface area contributed by atoms with Gasteiger partial charge in [0.25, 0.3) is 0 Å². The number of carbonyl (C=O) groups is 3. The molecule has 1 aliphatic heterocycles. The molecule has 2 aromatic rings. The van der Waals surface area contributed by atoms with Gasteiger partial charge in [0.15, 0.2) is 17.3 Å². The maximum atomic E-state index is 12.7. The van der Waals surface area contributed by atoms with Crippen molar-refractivity contribution in [1.29, 1.82) is 0 Å². The van der Waals surface area contributed by atoms with Crippen LogP contribution in [0, 0.1) is 0 Å². The molecule has 3 rings (SSSR count). The number of carbonyl (C=O) groups excluding carboxylic acids is 2. The molecule has 2 unspecified atom stereocenters. The van der Waals surface area contributed by atoms with E-state index < -0.39 is 29.9 Å². The van der Waals surface area contributed by atoms with Crippen LogP contribution in [0.5, 0.6) is 0 Å². The van der Waals surface area contributed by atoms with Gasteiger partial charge in [-0.05, 0) is 24.9 Å². The molecule has 2 heterocycles. The Morgan fingerprint density at radius 3 is 2.74 bits per heavy atom. The molecule has 0 radical (unpaired) electrons. The summed E-state index contributed by atoms with van der Waals surface area (Å²) in [6.07, 6.45) is 3.11. The van der Waals surface area contributed by atoms with Gasteiger partial charge in [-0.25, -0.2) is 9.59 Å². The summed E-state index contributed by atoms with van der Waals surface area (Å²) in [6.45, 7) is 1.48. The first-order valence-corrected chi connectivity index (χ1v) is 11.6. The molecule has 182 valence electrons. The number of hydrogen-bond acceptors (Lipinski definition) is 11. The molecule has 1 aromatic heterocycles. The fraction of sp³-hybridized carbons (Fsp3) is 0.429. The Hall–Kier alpha value is -3.26. The highest BCUT2D eigenvalue weighted by Gasteiger charge is 2.34. The van der Waals surface area contributed by atoms with E-state index in [0.717, 1.165) is 42.8 Å². The Morgan fingerprint density at radius 2 is 2.03 bits per heavy atom. The van der Waals surface area contributed by atoms with Crippen molar-refractivity contribution in [2.45, 2.75) is 44.2 Å². The Bertz CT molecular complexity index is 1000. The van der Waals surface area contributed by atoms with Crippen molar-refractivity contribution in [1.82, 2.24) is 26.1 Å². The van der Waals surface area contributed by atoms with Crippen molar-refractivity contribution in [2.24, 2.45) is 10.7 Å². The van der Waals surface area contributed by atoms with E-state index >= 15 is 0 Å². The zero-order valence-corrected chi connectivity index (χ0v) is 19.2. The number of benzene rings is 1. The molecule has 1 aliphatic rings. The van der Waals surface area contributed by atoms with Gasteiger partial charge >= 0.3 is 12.1 Å². The second kappa shape index (κ2) is 12.8. The molecule has 0 fully saturated rings. The lowest BCUT2D eigenvalue weighted by Crippen LogP contribution is -2.56. The van der Waals surface area contributed by atoms with Crippen LogP contribution >= 0.6 is 11.3 Å². The number of ketones is 1. The van der Waals surface area contributed by atoms with E-state index in [2.05, 4.69) is 31.1 Å². The standard InChI is InChI=1S/C21H27N7O5S/c22-15(16(19(30)31)26-21(32)33-12-13-6-2-1-3-7-13)17(29)18-28-27-14(34-18)8-4-5-9-23-20-24-10-11-25-20/h1-3,6-7,10,15-16,20,23,25H,4-5,8-9,11-12,22H2,(H,26,32)(H,30,31)/t15?,16?,20-/m1/s1. The third kappa shape index (κ3) is 7.66. The number of aliphatic imine (C=N–C) groups is 1. The van der Waals surface area contributed by atoms with Crippen LogP contribution in [0.3, 0.4) is 0 Å². The third-order valence-corrected chi connectivity index (χ3v) is 5.90. The summed E-state index contributed by atoms with van der Waals surface area (Å²) in [7, 11) is 0. The molecule has 1 aromatic carbocycles. The van der Waals surface area contributed by atoms with Gasteiger partial charge < -0.3 is 20.9 Å². The van der Waals surface area contributed by atoms with Crippen LogP contribution in [-0.4, -0.2) is 70.8 Å². The summed E-state index contributed by atoms with van der Waals surface area (Å²) in [4.78, 5) is 40.6. The number of aromatic nitrogens is 2.